The lowest BCUT2D eigenvalue weighted by atomic mass is 10.1. The molecule has 0 unspecified atom stereocenters. The Morgan fingerprint density at radius 1 is 1.39 bits per heavy atom. The molecular formula is C19H33N7O7. The van der Waals surface area contributed by atoms with Gasteiger partial charge in [-0.05, 0) is 19.8 Å². The lowest BCUT2D eigenvalue weighted by Crippen LogP contribution is -2.46. The van der Waals surface area contributed by atoms with E-state index in [0.29, 0.717) is 31.7 Å². The number of hydrogen-bond acceptors (Lipinski definition) is 12. The summed E-state index contributed by atoms with van der Waals surface area (Å²) in [7, 11) is 1.76. The number of hydrogen-bond donors (Lipinski definition) is 5. The molecule has 4 atom stereocenters. The zero-order valence-electron chi connectivity index (χ0n) is 18.8. The minimum Gasteiger partial charge on any atom is -0.396 e. The molecule has 33 heavy (non-hydrogen) atoms. The predicted molar refractivity (Wildman–Crippen MR) is 116 cm³/mol. The third kappa shape index (κ3) is 6.31. The number of nitrogens with one attached hydrogen (secondary N) is 2. The number of unbranched alkanes of at least 4 members (excludes halogenated alkanes) is 1. The Kier molecular flexibility index (Phi) is 9.22. The highest BCUT2D eigenvalue weighted by atomic mass is 16.7. The quantitative estimate of drug-likeness (QED) is 0.111. The van der Waals surface area contributed by atoms with E-state index in [1.807, 2.05) is 6.92 Å². The summed E-state index contributed by atoms with van der Waals surface area (Å²) >= 11 is 0. The number of nitrogens with zero attached hydrogens (tertiary/aromatic N) is 4. The molecule has 14 nitrogen and oxygen atoms in total. The van der Waals surface area contributed by atoms with Crippen LogP contribution in [-0.2, 0) is 19.1 Å². The van der Waals surface area contributed by atoms with E-state index in [0.717, 1.165) is 17.4 Å². The van der Waals surface area contributed by atoms with E-state index in [2.05, 4.69) is 20.4 Å². The highest BCUT2D eigenvalue weighted by molar-refractivity contribution is 5.57. The Balaban J connectivity index is 1.45. The van der Waals surface area contributed by atoms with Gasteiger partial charge in [-0.25, -0.2) is 14.4 Å². The van der Waals surface area contributed by atoms with E-state index in [1.165, 1.54) is 0 Å². The molecule has 0 radical (unpaired) electrons. The topological polar surface area (TPSA) is 181 Å². The number of imidazole rings is 1. The molecule has 0 aromatic carbocycles. The number of rotatable bonds is 13. The number of ether oxygens (including phenoxy) is 2. The Morgan fingerprint density at radius 3 is 3.00 bits per heavy atom. The van der Waals surface area contributed by atoms with Crippen LogP contribution < -0.4 is 27.6 Å². The predicted octanol–water partition coefficient (Wildman–Crippen LogP) is -3.32. The van der Waals surface area contributed by atoms with E-state index >= 15 is 0 Å². The number of nitrogens with two attached hydrogens (primary N) is 1. The van der Waals surface area contributed by atoms with Crippen LogP contribution in [0.3, 0.4) is 0 Å². The summed E-state index contributed by atoms with van der Waals surface area (Å²) in [5.41, 5.74) is 5.57. The summed E-state index contributed by atoms with van der Waals surface area (Å²) in [6, 6.07) is 0. The fourth-order valence-corrected chi connectivity index (χ4v) is 3.46. The summed E-state index contributed by atoms with van der Waals surface area (Å²) in [4.78, 5) is 30.0. The van der Waals surface area contributed by atoms with Crippen LogP contribution in [0.1, 0.15) is 26.0 Å². The van der Waals surface area contributed by atoms with Gasteiger partial charge in [0.1, 0.15) is 42.8 Å². The van der Waals surface area contributed by atoms with Gasteiger partial charge in [-0.15, -0.1) is 0 Å². The smallest absolute Gasteiger partial charge is 0.330 e. The molecule has 186 valence electrons. The van der Waals surface area contributed by atoms with Gasteiger partial charge in [-0.1, -0.05) is 5.16 Å². The van der Waals surface area contributed by atoms with Gasteiger partial charge >= 0.3 is 5.69 Å². The second kappa shape index (κ2) is 12.1. The van der Waals surface area contributed by atoms with Crippen LogP contribution in [0, 0.1) is 0 Å². The molecule has 1 aromatic rings. The zero-order valence-corrected chi connectivity index (χ0v) is 18.8. The number of H-pyrrole nitrogens is 1. The lowest BCUT2D eigenvalue weighted by molar-refractivity contribution is -0.179. The third-order valence-electron chi connectivity index (χ3n) is 5.23. The molecule has 3 rings (SSSR count). The van der Waals surface area contributed by atoms with Crippen LogP contribution in [-0.4, -0.2) is 96.0 Å². The second-order valence-electron chi connectivity index (χ2n) is 7.59. The molecule has 14 heteroatoms. The summed E-state index contributed by atoms with van der Waals surface area (Å²) in [5.74, 6) is 0.271. The van der Waals surface area contributed by atoms with E-state index in [-0.39, 0.29) is 24.6 Å². The largest absolute Gasteiger partial charge is 0.396 e. The average Bonchev–Trinajstić information content (AvgIpc) is 3.27. The molecule has 3 heterocycles. The first-order valence-corrected chi connectivity index (χ1v) is 10.9. The Labute approximate surface area is 190 Å². The maximum Gasteiger partial charge on any atom is 0.330 e. The van der Waals surface area contributed by atoms with Gasteiger partial charge in [0.15, 0.2) is 11.7 Å². The van der Waals surface area contributed by atoms with Crippen molar-refractivity contribution in [3.05, 3.63) is 21.3 Å². The number of hydroxylamine groups is 2. The first-order valence-electron chi connectivity index (χ1n) is 10.9. The highest BCUT2D eigenvalue weighted by Gasteiger charge is 2.45. The molecular weight excluding hydrogens is 438 g/mol. The van der Waals surface area contributed by atoms with Crippen molar-refractivity contribution in [1.29, 1.82) is 0 Å². The van der Waals surface area contributed by atoms with E-state index in [4.69, 9.17) is 24.9 Å². The number of fused-ring (bicyclic) bond motifs is 1. The van der Waals surface area contributed by atoms with Gasteiger partial charge < -0.3 is 40.6 Å². The summed E-state index contributed by atoms with van der Waals surface area (Å²) in [6.07, 6.45) is -1.39. The average molecular weight is 472 g/mol. The monoisotopic (exact) mass is 471 g/mol. The van der Waals surface area contributed by atoms with Gasteiger partial charge in [-0.3, -0.25) is 4.84 Å². The molecule has 0 spiro atoms. The number of aromatic amines is 1. The number of oxime groups is 1. The highest BCUT2D eigenvalue weighted by Crippen LogP contribution is 2.27. The molecule has 0 aliphatic carbocycles. The van der Waals surface area contributed by atoms with Crippen molar-refractivity contribution in [2.45, 2.75) is 44.3 Å². The van der Waals surface area contributed by atoms with Crippen molar-refractivity contribution >= 4 is 12.0 Å². The Morgan fingerprint density at radius 2 is 2.21 bits per heavy atom. The van der Waals surface area contributed by atoms with Gasteiger partial charge in [0.25, 0.3) is 0 Å². The third-order valence-corrected chi connectivity index (χ3v) is 5.23. The Bertz CT molecular complexity index is 963. The zero-order chi connectivity index (χ0) is 23.8. The SMILES string of the molecule is CCOCC=NOCCCCN(C)OC[C@H]1O[C@@H](n2c(=O)[nH]c3c2=NCNC=3N)[C@H](O)[C@@H]1O. The molecule has 6 N–H and O–H groups in total. The van der Waals surface area contributed by atoms with Gasteiger partial charge in [0, 0.05) is 20.2 Å². The molecule has 1 fully saturated rings. The molecule has 1 saturated heterocycles. The van der Waals surface area contributed by atoms with Crippen LogP contribution in [0.5, 0.6) is 0 Å². The molecule has 0 amide bonds. The van der Waals surface area contributed by atoms with Crippen LogP contribution in [0.4, 0.5) is 0 Å². The summed E-state index contributed by atoms with van der Waals surface area (Å²) in [5, 5.41) is 29.5. The number of aliphatic hydroxyl groups excluding tert-OH is 2. The minimum atomic E-state index is -1.34. The summed E-state index contributed by atoms with van der Waals surface area (Å²) < 4.78 is 12.1. The maximum atomic E-state index is 12.4. The van der Waals surface area contributed by atoms with E-state index < -0.39 is 30.2 Å². The van der Waals surface area contributed by atoms with Crippen molar-refractivity contribution in [2.75, 3.05) is 46.7 Å². The number of aliphatic hydroxyl groups is 2. The Hall–Kier alpha value is -2.49. The molecule has 2 aliphatic heterocycles. The lowest BCUT2D eigenvalue weighted by Gasteiger charge is -2.20. The van der Waals surface area contributed by atoms with E-state index in [9.17, 15) is 15.0 Å². The van der Waals surface area contributed by atoms with Gasteiger partial charge in [0.2, 0.25) is 0 Å². The standard InChI is InChI=1S/C19H33N7O7/c1-3-30-9-6-23-31-8-5-4-7-25(2)32-10-12-14(27)15(28)18(33-12)26-17-13(24-19(26)29)16(20)21-11-22-17/h6,12,14-15,18,21,27-28H,3-5,7-11,20H2,1-2H3,(H,24,29)/t12-,14-,15-,18-/m1/s1. The van der Waals surface area contributed by atoms with Crippen molar-refractivity contribution in [2.24, 2.45) is 15.9 Å². The maximum absolute atomic E-state index is 12.4. The molecule has 2 aliphatic rings. The number of aromatic nitrogens is 2. The van der Waals surface area contributed by atoms with Crippen molar-refractivity contribution in [1.82, 2.24) is 19.9 Å². The summed E-state index contributed by atoms with van der Waals surface area (Å²) in [6.45, 7) is 4.25. The van der Waals surface area contributed by atoms with Crippen molar-refractivity contribution in [3.63, 3.8) is 0 Å². The van der Waals surface area contributed by atoms with Crippen LogP contribution in [0.2, 0.25) is 0 Å². The van der Waals surface area contributed by atoms with Crippen LogP contribution in [0.25, 0.3) is 5.82 Å². The first-order chi connectivity index (χ1) is 15.9. The molecule has 0 bridgehead atoms. The van der Waals surface area contributed by atoms with Crippen LogP contribution in [0.15, 0.2) is 14.9 Å². The van der Waals surface area contributed by atoms with E-state index in [1.54, 1.807) is 18.3 Å². The van der Waals surface area contributed by atoms with Crippen molar-refractivity contribution < 1.29 is 29.4 Å². The minimum absolute atomic E-state index is 0.00221. The van der Waals surface area contributed by atoms with Gasteiger partial charge in [-0.2, -0.15) is 5.06 Å². The molecule has 0 saturated carbocycles. The van der Waals surface area contributed by atoms with Gasteiger partial charge in [0.05, 0.1) is 19.4 Å². The van der Waals surface area contributed by atoms with Crippen molar-refractivity contribution in [3.8, 4) is 0 Å². The second-order valence-corrected chi connectivity index (χ2v) is 7.59. The fraction of sp³-hybridized carbons (Fsp3) is 0.737. The van der Waals surface area contributed by atoms with Crippen LogP contribution >= 0.6 is 0 Å². The normalized spacial score (nSPS) is 24.8. The molecule has 1 aromatic heterocycles. The fourth-order valence-electron chi connectivity index (χ4n) is 3.46. The first kappa shape index (κ1) is 25.1.